The number of esters is 1. The molecule has 1 fully saturated rings. The molecule has 1 saturated heterocycles. The number of carbonyl (C=O) groups excluding carboxylic acids is 1. The summed E-state index contributed by atoms with van der Waals surface area (Å²) in [4.78, 5) is 11.3. The summed E-state index contributed by atoms with van der Waals surface area (Å²) < 4.78 is 15.1. The van der Waals surface area contributed by atoms with E-state index in [4.69, 9.17) is 14.2 Å². The van der Waals surface area contributed by atoms with E-state index in [1.807, 2.05) is 24.3 Å². The van der Waals surface area contributed by atoms with Gasteiger partial charge in [0, 0.05) is 0 Å². The first kappa shape index (κ1) is 10.5. The summed E-state index contributed by atoms with van der Waals surface area (Å²) in [5.74, 6) is 0.604. The molecule has 0 bridgehead atoms. The number of hydrogen-bond acceptors (Lipinski definition) is 4. The molecule has 1 heterocycles. The third kappa shape index (κ3) is 2.34. The van der Waals surface area contributed by atoms with Crippen LogP contribution in [0.15, 0.2) is 30.0 Å². The molecule has 0 spiro atoms. The summed E-state index contributed by atoms with van der Waals surface area (Å²) in [6.45, 7) is 0.729. The Kier molecular flexibility index (Phi) is 3.10. The molecule has 0 unspecified atom stereocenters. The van der Waals surface area contributed by atoms with E-state index in [0.29, 0.717) is 13.2 Å². The molecule has 84 valence electrons. The number of carbonyl (C=O) groups is 1. The Morgan fingerprint density at radius 1 is 1.19 bits per heavy atom. The molecule has 0 amide bonds. The number of benzene rings is 1. The minimum Gasteiger partial charge on any atom is -0.497 e. The molecule has 1 aliphatic rings. The maximum absolute atomic E-state index is 11.3. The quantitative estimate of drug-likeness (QED) is 0.561. The Hall–Kier alpha value is -1.97. The lowest BCUT2D eigenvalue weighted by molar-refractivity contribution is -0.150. The third-order valence-corrected chi connectivity index (χ3v) is 2.19. The number of ether oxygens (including phenoxy) is 3. The van der Waals surface area contributed by atoms with Crippen LogP contribution in [-0.2, 0) is 14.3 Å². The summed E-state index contributed by atoms with van der Waals surface area (Å²) in [6, 6.07) is 7.33. The van der Waals surface area contributed by atoms with Gasteiger partial charge in [0.25, 0.3) is 0 Å². The highest BCUT2D eigenvalue weighted by atomic mass is 16.6. The highest BCUT2D eigenvalue weighted by molar-refractivity contribution is 5.91. The molecule has 4 nitrogen and oxygen atoms in total. The number of methoxy groups -OCH3 is 1. The van der Waals surface area contributed by atoms with Crippen LogP contribution in [0.2, 0.25) is 0 Å². The van der Waals surface area contributed by atoms with Gasteiger partial charge in [0.1, 0.15) is 19.0 Å². The lowest BCUT2D eigenvalue weighted by Gasteiger charge is -2.15. The SMILES string of the molecule is COc1ccc(/C=C2/OCCOC2=O)cc1. The molecule has 1 aromatic rings. The summed E-state index contributed by atoms with van der Waals surface area (Å²) in [6.07, 6.45) is 1.65. The van der Waals surface area contributed by atoms with Crippen LogP contribution in [0.25, 0.3) is 6.08 Å². The van der Waals surface area contributed by atoms with E-state index in [-0.39, 0.29) is 5.76 Å². The van der Waals surface area contributed by atoms with Crippen LogP contribution < -0.4 is 4.74 Å². The third-order valence-electron chi connectivity index (χ3n) is 2.19. The predicted molar refractivity (Wildman–Crippen MR) is 57.9 cm³/mol. The van der Waals surface area contributed by atoms with Gasteiger partial charge in [-0.1, -0.05) is 12.1 Å². The van der Waals surface area contributed by atoms with Crippen molar-refractivity contribution in [3.63, 3.8) is 0 Å². The molecule has 0 aromatic heterocycles. The summed E-state index contributed by atoms with van der Waals surface area (Å²) in [7, 11) is 1.61. The van der Waals surface area contributed by atoms with E-state index in [1.165, 1.54) is 0 Å². The Morgan fingerprint density at radius 2 is 1.88 bits per heavy atom. The Labute approximate surface area is 93.4 Å². The summed E-state index contributed by atoms with van der Waals surface area (Å²) in [5, 5.41) is 0. The maximum atomic E-state index is 11.3. The van der Waals surface area contributed by atoms with Crippen LogP contribution in [0, 0.1) is 0 Å². The van der Waals surface area contributed by atoms with Crippen LogP contribution in [0.5, 0.6) is 5.75 Å². The Bertz CT molecular complexity index is 406. The van der Waals surface area contributed by atoms with Gasteiger partial charge in [-0.3, -0.25) is 0 Å². The second kappa shape index (κ2) is 4.70. The van der Waals surface area contributed by atoms with Crippen molar-refractivity contribution in [2.45, 2.75) is 0 Å². The maximum Gasteiger partial charge on any atom is 0.373 e. The van der Waals surface area contributed by atoms with E-state index in [1.54, 1.807) is 13.2 Å². The van der Waals surface area contributed by atoms with Gasteiger partial charge in [0.2, 0.25) is 5.76 Å². The number of rotatable bonds is 2. The van der Waals surface area contributed by atoms with Crippen LogP contribution in [-0.4, -0.2) is 26.3 Å². The summed E-state index contributed by atoms with van der Waals surface area (Å²) in [5.41, 5.74) is 0.870. The first-order valence-electron chi connectivity index (χ1n) is 4.95. The average Bonchev–Trinajstić information content (AvgIpc) is 2.33. The molecule has 0 atom stereocenters. The zero-order valence-corrected chi connectivity index (χ0v) is 8.93. The fraction of sp³-hybridized carbons (Fsp3) is 0.250. The van der Waals surface area contributed by atoms with Crippen molar-refractivity contribution < 1.29 is 19.0 Å². The Morgan fingerprint density at radius 3 is 2.50 bits per heavy atom. The van der Waals surface area contributed by atoms with Crippen LogP contribution >= 0.6 is 0 Å². The summed E-state index contributed by atoms with van der Waals surface area (Å²) >= 11 is 0. The van der Waals surface area contributed by atoms with Gasteiger partial charge in [-0.2, -0.15) is 0 Å². The van der Waals surface area contributed by atoms with Gasteiger partial charge in [-0.05, 0) is 23.8 Å². The molecular formula is C12H12O4. The average molecular weight is 220 g/mol. The Balaban J connectivity index is 2.17. The van der Waals surface area contributed by atoms with Gasteiger partial charge < -0.3 is 14.2 Å². The lowest BCUT2D eigenvalue weighted by Crippen LogP contribution is -2.21. The largest absolute Gasteiger partial charge is 0.497 e. The second-order valence-corrected chi connectivity index (χ2v) is 3.27. The van der Waals surface area contributed by atoms with Gasteiger partial charge in [0.05, 0.1) is 7.11 Å². The molecule has 1 aliphatic heterocycles. The highest BCUT2D eigenvalue weighted by Gasteiger charge is 2.17. The number of hydrogen-bond donors (Lipinski definition) is 0. The smallest absolute Gasteiger partial charge is 0.373 e. The molecule has 4 heteroatoms. The lowest BCUT2D eigenvalue weighted by atomic mass is 10.2. The fourth-order valence-electron chi connectivity index (χ4n) is 1.37. The van der Waals surface area contributed by atoms with Crippen molar-refractivity contribution >= 4 is 12.0 Å². The molecule has 16 heavy (non-hydrogen) atoms. The minimum absolute atomic E-state index is 0.247. The van der Waals surface area contributed by atoms with Crippen molar-refractivity contribution in [3.8, 4) is 5.75 Å². The molecule has 0 saturated carbocycles. The molecule has 0 radical (unpaired) electrons. The van der Waals surface area contributed by atoms with E-state index >= 15 is 0 Å². The van der Waals surface area contributed by atoms with Crippen molar-refractivity contribution in [2.24, 2.45) is 0 Å². The van der Waals surface area contributed by atoms with Gasteiger partial charge in [0.15, 0.2) is 0 Å². The number of cyclic esters (lactones) is 1. The van der Waals surface area contributed by atoms with Crippen molar-refractivity contribution in [1.29, 1.82) is 0 Å². The first-order chi connectivity index (χ1) is 7.79. The molecule has 0 N–H and O–H groups in total. The molecule has 1 aromatic carbocycles. The standard InChI is InChI=1S/C12H12O4/c1-14-10-4-2-9(3-5-10)8-11-12(13)16-7-6-15-11/h2-5,8H,6-7H2,1H3/b11-8+. The van der Waals surface area contributed by atoms with E-state index < -0.39 is 5.97 Å². The van der Waals surface area contributed by atoms with Gasteiger partial charge >= 0.3 is 5.97 Å². The topological polar surface area (TPSA) is 44.8 Å². The molecule has 0 aliphatic carbocycles. The first-order valence-corrected chi connectivity index (χ1v) is 4.95. The normalized spacial score (nSPS) is 17.8. The van der Waals surface area contributed by atoms with Gasteiger partial charge in [-0.25, -0.2) is 4.79 Å². The fourth-order valence-corrected chi connectivity index (χ4v) is 1.37. The highest BCUT2D eigenvalue weighted by Crippen LogP contribution is 2.16. The van der Waals surface area contributed by atoms with Crippen molar-refractivity contribution in [2.75, 3.05) is 20.3 Å². The van der Waals surface area contributed by atoms with E-state index in [2.05, 4.69) is 0 Å². The molecular weight excluding hydrogens is 208 g/mol. The van der Waals surface area contributed by atoms with Crippen LogP contribution in [0.4, 0.5) is 0 Å². The minimum atomic E-state index is -0.415. The van der Waals surface area contributed by atoms with Crippen LogP contribution in [0.1, 0.15) is 5.56 Å². The molecule has 2 rings (SSSR count). The zero-order valence-electron chi connectivity index (χ0n) is 8.93. The van der Waals surface area contributed by atoms with Crippen molar-refractivity contribution in [3.05, 3.63) is 35.6 Å². The van der Waals surface area contributed by atoms with E-state index in [9.17, 15) is 4.79 Å². The van der Waals surface area contributed by atoms with E-state index in [0.717, 1.165) is 11.3 Å². The monoisotopic (exact) mass is 220 g/mol. The predicted octanol–water partition coefficient (Wildman–Crippen LogP) is 1.61. The van der Waals surface area contributed by atoms with Gasteiger partial charge in [-0.15, -0.1) is 0 Å². The van der Waals surface area contributed by atoms with Crippen molar-refractivity contribution in [1.82, 2.24) is 0 Å². The zero-order chi connectivity index (χ0) is 11.4. The van der Waals surface area contributed by atoms with Crippen LogP contribution in [0.3, 0.4) is 0 Å². The second-order valence-electron chi connectivity index (χ2n) is 3.27.